The van der Waals surface area contributed by atoms with Crippen LogP contribution in [-0.4, -0.2) is 18.6 Å². The number of H-pyrrole nitrogens is 1. The lowest BCUT2D eigenvalue weighted by Crippen LogP contribution is -2.13. The highest BCUT2D eigenvalue weighted by molar-refractivity contribution is 9.10. The molecule has 0 bridgehead atoms. The third-order valence-electron chi connectivity index (χ3n) is 3.08. The maximum atomic E-state index is 12.4. The van der Waals surface area contributed by atoms with E-state index in [1.54, 1.807) is 24.4 Å². The Morgan fingerprint density at radius 1 is 1.00 bits per heavy atom. The smallest absolute Gasteiger partial charge is 0.263 e. The van der Waals surface area contributed by atoms with Crippen LogP contribution in [0, 0.1) is 0 Å². The Kier molecular flexibility index (Phi) is 4.00. The van der Waals surface area contributed by atoms with E-state index in [0.717, 1.165) is 10.0 Å². The van der Waals surface area contributed by atoms with E-state index in [4.69, 9.17) is 0 Å². The van der Waals surface area contributed by atoms with Gasteiger partial charge in [-0.25, -0.2) is 8.42 Å². The molecule has 3 rings (SSSR count). The van der Waals surface area contributed by atoms with Gasteiger partial charge in [0.15, 0.2) is 0 Å². The molecule has 2 aromatic carbocycles. The molecule has 112 valence electrons. The maximum absolute atomic E-state index is 12.4. The van der Waals surface area contributed by atoms with Crippen LogP contribution < -0.4 is 4.72 Å². The van der Waals surface area contributed by atoms with Gasteiger partial charge in [-0.3, -0.25) is 9.82 Å². The minimum absolute atomic E-state index is 0.200. The van der Waals surface area contributed by atoms with E-state index in [0.29, 0.717) is 11.4 Å². The molecule has 0 aliphatic rings. The van der Waals surface area contributed by atoms with Gasteiger partial charge in [0.1, 0.15) is 5.82 Å². The van der Waals surface area contributed by atoms with Gasteiger partial charge in [-0.2, -0.15) is 5.10 Å². The lowest BCUT2D eigenvalue weighted by molar-refractivity contribution is 0.601. The summed E-state index contributed by atoms with van der Waals surface area (Å²) in [5, 5.41) is 6.63. The average molecular weight is 378 g/mol. The molecule has 0 aliphatic carbocycles. The summed E-state index contributed by atoms with van der Waals surface area (Å²) in [6.45, 7) is 0. The number of rotatable bonds is 4. The zero-order valence-corrected chi connectivity index (χ0v) is 13.7. The molecule has 7 heteroatoms. The van der Waals surface area contributed by atoms with Gasteiger partial charge in [0.2, 0.25) is 0 Å². The molecule has 0 saturated carbocycles. The van der Waals surface area contributed by atoms with Crippen molar-refractivity contribution >= 4 is 31.8 Å². The summed E-state index contributed by atoms with van der Waals surface area (Å²) in [6, 6.07) is 15.7. The Morgan fingerprint density at radius 3 is 2.36 bits per heavy atom. The van der Waals surface area contributed by atoms with Gasteiger partial charge in [-0.05, 0) is 29.8 Å². The summed E-state index contributed by atoms with van der Waals surface area (Å²) in [6.07, 6.45) is 1.59. The Balaban J connectivity index is 1.95. The summed E-state index contributed by atoms with van der Waals surface area (Å²) in [4.78, 5) is 0.200. The molecule has 0 unspecified atom stereocenters. The maximum Gasteiger partial charge on any atom is 0.263 e. The molecule has 0 radical (unpaired) electrons. The van der Waals surface area contributed by atoms with Gasteiger partial charge in [-0.1, -0.05) is 46.3 Å². The zero-order chi connectivity index (χ0) is 15.6. The van der Waals surface area contributed by atoms with Gasteiger partial charge >= 0.3 is 0 Å². The van der Waals surface area contributed by atoms with Crippen molar-refractivity contribution in [3.8, 4) is 11.1 Å². The third-order valence-corrected chi connectivity index (χ3v) is 4.98. The number of hydrogen-bond acceptors (Lipinski definition) is 3. The highest BCUT2D eigenvalue weighted by atomic mass is 79.9. The number of nitrogens with zero attached hydrogens (tertiary/aromatic N) is 1. The Bertz CT molecular complexity index is 875. The number of halogens is 1. The summed E-state index contributed by atoms with van der Waals surface area (Å²) in [5.41, 5.74) is 1.55. The first-order valence-electron chi connectivity index (χ1n) is 6.43. The third kappa shape index (κ3) is 3.05. The molecule has 1 aromatic heterocycles. The second-order valence-corrected chi connectivity index (χ2v) is 7.18. The van der Waals surface area contributed by atoms with Crippen molar-refractivity contribution in [1.29, 1.82) is 0 Å². The minimum Gasteiger partial charge on any atom is -0.263 e. The van der Waals surface area contributed by atoms with Crippen molar-refractivity contribution in [2.45, 2.75) is 4.90 Å². The van der Waals surface area contributed by atoms with E-state index in [2.05, 4.69) is 30.8 Å². The van der Waals surface area contributed by atoms with Crippen LogP contribution in [0.3, 0.4) is 0 Å². The molecule has 0 fully saturated rings. The van der Waals surface area contributed by atoms with Crippen LogP contribution in [-0.2, 0) is 10.0 Å². The van der Waals surface area contributed by atoms with E-state index in [1.165, 1.54) is 12.1 Å². The SMILES string of the molecule is O=S(=O)(Nc1[nH]ncc1-c1ccc(Br)cc1)c1ccccc1. The highest BCUT2D eigenvalue weighted by Gasteiger charge is 2.17. The van der Waals surface area contributed by atoms with E-state index in [9.17, 15) is 8.42 Å². The monoisotopic (exact) mass is 377 g/mol. The molecule has 0 aliphatic heterocycles. The normalized spacial score (nSPS) is 11.3. The Morgan fingerprint density at radius 2 is 1.68 bits per heavy atom. The Labute approximate surface area is 136 Å². The van der Waals surface area contributed by atoms with Crippen LogP contribution in [0.5, 0.6) is 0 Å². The fraction of sp³-hybridized carbons (Fsp3) is 0. The van der Waals surface area contributed by atoms with Crippen molar-refractivity contribution < 1.29 is 8.42 Å². The highest BCUT2D eigenvalue weighted by Crippen LogP contribution is 2.28. The predicted octanol–water partition coefficient (Wildman–Crippen LogP) is 3.64. The second kappa shape index (κ2) is 5.94. The lowest BCUT2D eigenvalue weighted by atomic mass is 10.1. The van der Waals surface area contributed by atoms with E-state index < -0.39 is 10.0 Å². The number of aromatic amines is 1. The molecule has 5 nitrogen and oxygen atoms in total. The average Bonchev–Trinajstić information content (AvgIpc) is 2.96. The quantitative estimate of drug-likeness (QED) is 0.728. The fourth-order valence-corrected chi connectivity index (χ4v) is 3.33. The summed E-state index contributed by atoms with van der Waals surface area (Å²) in [7, 11) is -3.65. The van der Waals surface area contributed by atoms with Crippen LogP contribution in [0.2, 0.25) is 0 Å². The van der Waals surface area contributed by atoms with E-state index in [1.807, 2.05) is 24.3 Å². The van der Waals surface area contributed by atoms with Crippen LogP contribution >= 0.6 is 15.9 Å². The van der Waals surface area contributed by atoms with E-state index >= 15 is 0 Å². The predicted molar refractivity (Wildman–Crippen MR) is 89.0 cm³/mol. The molecular formula is C15H12BrN3O2S. The van der Waals surface area contributed by atoms with Crippen molar-refractivity contribution in [2.24, 2.45) is 0 Å². The fourth-order valence-electron chi connectivity index (χ4n) is 2.01. The number of benzene rings is 2. The number of nitrogens with one attached hydrogen (secondary N) is 2. The minimum atomic E-state index is -3.65. The number of hydrogen-bond donors (Lipinski definition) is 2. The zero-order valence-electron chi connectivity index (χ0n) is 11.3. The molecule has 1 heterocycles. The number of aromatic nitrogens is 2. The molecule has 0 spiro atoms. The Hall–Kier alpha value is -2.12. The number of sulfonamides is 1. The van der Waals surface area contributed by atoms with Gasteiger partial charge in [-0.15, -0.1) is 0 Å². The first-order valence-corrected chi connectivity index (χ1v) is 8.71. The van der Waals surface area contributed by atoms with Crippen LogP contribution in [0.1, 0.15) is 0 Å². The molecule has 0 saturated heterocycles. The van der Waals surface area contributed by atoms with Crippen molar-refractivity contribution in [3.63, 3.8) is 0 Å². The number of anilines is 1. The molecule has 22 heavy (non-hydrogen) atoms. The molecular weight excluding hydrogens is 366 g/mol. The summed E-state index contributed by atoms with van der Waals surface area (Å²) < 4.78 is 28.2. The van der Waals surface area contributed by atoms with Gasteiger partial charge in [0, 0.05) is 10.0 Å². The summed E-state index contributed by atoms with van der Waals surface area (Å²) >= 11 is 3.37. The van der Waals surface area contributed by atoms with Crippen molar-refractivity contribution in [2.75, 3.05) is 4.72 Å². The van der Waals surface area contributed by atoms with Gasteiger partial charge < -0.3 is 0 Å². The van der Waals surface area contributed by atoms with Gasteiger partial charge in [0.05, 0.1) is 11.1 Å². The van der Waals surface area contributed by atoms with Crippen LogP contribution in [0.15, 0.2) is 70.2 Å². The first-order chi connectivity index (χ1) is 10.6. The standard InChI is InChI=1S/C15H12BrN3O2S/c16-12-8-6-11(7-9-12)14-10-17-18-15(14)19-22(20,21)13-4-2-1-3-5-13/h1-10H,(H2,17,18,19). The molecule has 3 aromatic rings. The van der Waals surface area contributed by atoms with Gasteiger partial charge in [0.25, 0.3) is 10.0 Å². The van der Waals surface area contributed by atoms with Crippen LogP contribution in [0.25, 0.3) is 11.1 Å². The largest absolute Gasteiger partial charge is 0.263 e. The summed E-state index contributed by atoms with van der Waals surface area (Å²) in [5.74, 6) is 0.339. The van der Waals surface area contributed by atoms with Crippen LogP contribution in [0.4, 0.5) is 5.82 Å². The van der Waals surface area contributed by atoms with Crippen molar-refractivity contribution in [1.82, 2.24) is 10.2 Å². The lowest BCUT2D eigenvalue weighted by Gasteiger charge is -2.08. The molecule has 0 atom stereocenters. The molecule has 2 N–H and O–H groups in total. The topological polar surface area (TPSA) is 74.8 Å². The van der Waals surface area contributed by atoms with E-state index in [-0.39, 0.29) is 4.90 Å². The molecule has 0 amide bonds. The second-order valence-electron chi connectivity index (χ2n) is 4.58. The first kappa shape index (κ1) is 14.8. The van der Waals surface area contributed by atoms with Crippen molar-refractivity contribution in [3.05, 3.63) is 65.3 Å².